The van der Waals surface area contributed by atoms with Gasteiger partial charge in [-0.1, -0.05) is 142 Å². The summed E-state index contributed by atoms with van der Waals surface area (Å²) in [4.78, 5) is 23.4. The number of carboxylic acids is 2. The van der Waals surface area contributed by atoms with Gasteiger partial charge in [-0.05, 0) is 12.8 Å². The molecular weight excluding hydrogens is 400 g/mol. The lowest BCUT2D eigenvalue weighted by molar-refractivity contribution is -0.154. The predicted octanol–water partition coefficient (Wildman–Crippen LogP) is 9.01. The number of aliphatic carboxylic acids is 2. The number of hydrogen-bond acceptors (Lipinski definition) is 2. The van der Waals surface area contributed by atoms with Gasteiger partial charge in [0.25, 0.3) is 0 Å². The summed E-state index contributed by atoms with van der Waals surface area (Å²) in [5.74, 6) is -3.34. The molecule has 0 aromatic carbocycles. The molecule has 0 aromatic rings. The van der Waals surface area contributed by atoms with Crippen molar-refractivity contribution in [2.75, 3.05) is 0 Å². The number of rotatable bonds is 25. The molecular formula is C28H54O4. The molecule has 2 unspecified atom stereocenters. The predicted molar refractivity (Wildman–Crippen MR) is 135 cm³/mol. The van der Waals surface area contributed by atoms with Crippen LogP contribution in [-0.4, -0.2) is 22.2 Å². The van der Waals surface area contributed by atoms with E-state index in [0.29, 0.717) is 12.8 Å². The minimum absolute atomic E-state index is 0.497. The van der Waals surface area contributed by atoms with Crippen molar-refractivity contribution in [2.45, 2.75) is 155 Å². The highest BCUT2D eigenvalue weighted by Gasteiger charge is 2.32. The van der Waals surface area contributed by atoms with Gasteiger partial charge in [0.15, 0.2) is 0 Å². The van der Waals surface area contributed by atoms with Crippen molar-refractivity contribution < 1.29 is 19.8 Å². The molecule has 0 aliphatic heterocycles. The quantitative estimate of drug-likeness (QED) is 0.135. The standard InChI is InChI=1S/C28H54O4/c1-3-5-7-9-11-12-13-14-15-16-17-18-20-22-24-26(28(31)32)25(27(29)30)23-21-19-10-8-6-4-2/h25-26H,3-24H2,1-2H3,(H,29,30)(H,31,32). The van der Waals surface area contributed by atoms with Gasteiger partial charge in [0.1, 0.15) is 0 Å². The topological polar surface area (TPSA) is 74.6 Å². The maximum atomic E-state index is 11.7. The lowest BCUT2D eigenvalue weighted by atomic mass is 9.84. The van der Waals surface area contributed by atoms with Crippen molar-refractivity contribution in [1.82, 2.24) is 0 Å². The van der Waals surface area contributed by atoms with E-state index in [4.69, 9.17) is 0 Å². The van der Waals surface area contributed by atoms with Crippen LogP contribution in [0.25, 0.3) is 0 Å². The number of carbonyl (C=O) groups is 2. The monoisotopic (exact) mass is 454 g/mol. The van der Waals surface area contributed by atoms with Crippen LogP contribution in [0.4, 0.5) is 0 Å². The second-order valence-electron chi connectivity index (χ2n) is 9.83. The van der Waals surface area contributed by atoms with E-state index >= 15 is 0 Å². The molecule has 0 bridgehead atoms. The Balaban J connectivity index is 3.85. The molecule has 32 heavy (non-hydrogen) atoms. The van der Waals surface area contributed by atoms with Crippen molar-refractivity contribution in [3.63, 3.8) is 0 Å². The van der Waals surface area contributed by atoms with Gasteiger partial charge < -0.3 is 10.2 Å². The Morgan fingerprint density at radius 2 is 0.656 bits per heavy atom. The Kier molecular flexibility index (Phi) is 22.3. The van der Waals surface area contributed by atoms with Crippen molar-refractivity contribution in [2.24, 2.45) is 11.8 Å². The summed E-state index contributed by atoms with van der Waals surface area (Å²) in [7, 11) is 0. The molecule has 190 valence electrons. The molecule has 4 heteroatoms. The maximum Gasteiger partial charge on any atom is 0.307 e. The molecule has 0 saturated heterocycles. The summed E-state index contributed by atoms with van der Waals surface area (Å²) in [6, 6.07) is 0. The van der Waals surface area contributed by atoms with Gasteiger partial charge in [-0.2, -0.15) is 0 Å². The fourth-order valence-electron chi connectivity index (χ4n) is 4.70. The summed E-state index contributed by atoms with van der Waals surface area (Å²) in [5, 5.41) is 19.2. The molecule has 0 radical (unpaired) electrons. The Bertz CT molecular complexity index is 435. The average molecular weight is 455 g/mol. The van der Waals surface area contributed by atoms with E-state index in [1.54, 1.807) is 0 Å². The summed E-state index contributed by atoms with van der Waals surface area (Å²) in [6.07, 6.45) is 25.3. The van der Waals surface area contributed by atoms with Gasteiger partial charge in [-0.15, -0.1) is 0 Å². The fourth-order valence-corrected chi connectivity index (χ4v) is 4.70. The highest BCUT2D eigenvalue weighted by molar-refractivity contribution is 5.79. The second kappa shape index (κ2) is 23.1. The van der Waals surface area contributed by atoms with Crippen molar-refractivity contribution >= 4 is 11.9 Å². The molecule has 0 amide bonds. The summed E-state index contributed by atoms with van der Waals surface area (Å²) in [6.45, 7) is 4.43. The van der Waals surface area contributed by atoms with Gasteiger partial charge in [0, 0.05) is 0 Å². The van der Waals surface area contributed by atoms with Crippen LogP contribution >= 0.6 is 0 Å². The summed E-state index contributed by atoms with van der Waals surface area (Å²) in [5.41, 5.74) is 0. The molecule has 0 saturated carbocycles. The first-order valence-corrected chi connectivity index (χ1v) is 14.0. The first-order valence-electron chi connectivity index (χ1n) is 14.0. The van der Waals surface area contributed by atoms with Gasteiger partial charge in [-0.25, -0.2) is 0 Å². The van der Waals surface area contributed by atoms with E-state index in [-0.39, 0.29) is 0 Å². The first kappa shape index (κ1) is 30.9. The second-order valence-corrected chi connectivity index (χ2v) is 9.83. The van der Waals surface area contributed by atoms with Crippen LogP contribution in [0, 0.1) is 11.8 Å². The van der Waals surface area contributed by atoms with E-state index in [9.17, 15) is 19.8 Å². The van der Waals surface area contributed by atoms with Crippen LogP contribution in [0.15, 0.2) is 0 Å². The van der Waals surface area contributed by atoms with Crippen LogP contribution < -0.4 is 0 Å². The minimum atomic E-state index is -0.934. The van der Waals surface area contributed by atoms with Gasteiger partial charge in [-0.3, -0.25) is 9.59 Å². The zero-order chi connectivity index (χ0) is 23.9. The van der Waals surface area contributed by atoms with E-state index in [1.165, 1.54) is 89.9 Å². The molecule has 4 nitrogen and oxygen atoms in total. The minimum Gasteiger partial charge on any atom is -0.481 e. The normalized spacial score (nSPS) is 13.2. The lowest BCUT2D eigenvalue weighted by Gasteiger charge is -2.20. The van der Waals surface area contributed by atoms with Gasteiger partial charge in [0.05, 0.1) is 11.8 Å². The van der Waals surface area contributed by atoms with Crippen molar-refractivity contribution in [3.05, 3.63) is 0 Å². The third kappa shape index (κ3) is 18.5. The van der Waals surface area contributed by atoms with Crippen LogP contribution in [-0.2, 0) is 9.59 Å². The maximum absolute atomic E-state index is 11.7. The molecule has 0 spiro atoms. The van der Waals surface area contributed by atoms with E-state index in [2.05, 4.69) is 13.8 Å². The number of hydrogen-bond donors (Lipinski definition) is 2. The van der Waals surface area contributed by atoms with Crippen LogP contribution in [0.3, 0.4) is 0 Å². The molecule has 0 aliphatic rings. The number of unbranched alkanes of at least 4 members (excludes halogenated alkanes) is 18. The van der Waals surface area contributed by atoms with E-state index in [0.717, 1.165) is 38.5 Å². The smallest absolute Gasteiger partial charge is 0.307 e. The third-order valence-corrected chi connectivity index (χ3v) is 6.86. The zero-order valence-electron chi connectivity index (χ0n) is 21.4. The molecule has 0 aliphatic carbocycles. The number of carboxylic acid groups (broad SMARTS) is 2. The van der Waals surface area contributed by atoms with Crippen LogP contribution in [0.2, 0.25) is 0 Å². The van der Waals surface area contributed by atoms with Gasteiger partial charge in [0.2, 0.25) is 0 Å². The molecule has 0 rings (SSSR count). The summed E-state index contributed by atoms with van der Waals surface area (Å²) >= 11 is 0. The van der Waals surface area contributed by atoms with Crippen LogP contribution in [0.1, 0.15) is 155 Å². The first-order chi connectivity index (χ1) is 15.5. The summed E-state index contributed by atoms with van der Waals surface area (Å²) < 4.78 is 0. The van der Waals surface area contributed by atoms with Crippen molar-refractivity contribution in [1.29, 1.82) is 0 Å². The molecule has 0 fully saturated rings. The average Bonchev–Trinajstić information content (AvgIpc) is 2.76. The van der Waals surface area contributed by atoms with Crippen LogP contribution in [0.5, 0.6) is 0 Å². The Morgan fingerprint density at radius 1 is 0.438 bits per heavy atom. The molecule has 0 aromatic heterocycles. The Morgan fingerprint density at radius 3 is 0.875 bits per heavy atom. The third-order valence-electron chi connectivity index (χ3n) is 6.86. The molecule has 2 atom stereocenters. The highest BCUT2D eigenvalue weighted by Crippen LogP contribution is 2.26. The Hall–Kier alpha value is -1.06. The molecule has 0 heterocycles. The zero-order valence-corrected chi connectivity index (χ0v) is 21.4. The lowest BCUT2D eigenvalue weighted by Crippen LogP contribution is -2.30. The van der Waals surface area contributed by atoms with E-state index < -0.39 is 23.8 Å². The highest BCUT2D eigenvalue weighted by atomic mass is 16.4. The van der Waals surface area contributed by atoms with Gasteiger partial charge >= 0.3 is 11.9 Å². The SMILES string of the molecule is CCCCCCCCCCCCCCCCC(C(=O)O)C(CCCCCCCC)C(=O)O. The van der Waals surface area contributed by atoms with Crippen molar-refractivity contribution in [3.8, 4) is 0 Å². The molecule has 2 N–H and O–H groups in total. The van der Waals surface area contributed by atoms with E-state index in [1.807, 2.05) is 0 Å². The largest absolute Gasteiger partial charge is 0.481 e. The Labute approximate surface area is 199 Å². The fraction of sp³-hybridized carbons (Fsp3) is 0.929.